The Morgan fingerprint density at radius 1 is 0.436 bits per heavy atom. The van der Waals surface area contributed by atoms with E-state index in [1.165, 1.54) is 128 Å². The minimum absolute atomic E-state index is 0. The molecule has 0 aromatic carbocycles. The van der Waals surface area contributed by atoms with Crippen molar-refractivity contribution in [1.29, 1.82) is 0 Å². The van der Waals surface area contributed by atoms with E-state index >= 15 is 0 Å². The van der Waals surface area contributed by atoms with Gasteiger partial charge in [0.2, 0.25) is 11.8 Å². The van der Waals surface area contributed by atoms with Crippen molar-refractivity contribution in [1.82, 2.24) is 9.80 Å². The van der Waals surface area contributed by atoms with E-state index in [1.807, 2.05) is 12.2 Å². The molecule has 0 aromatic rings. The van der Waals surface area contributed by atoms with Crippen LogP contribution in [0.3, 0.4) is 0 Å². The molecule has 0 aromatic heterocycles. The molecule has 55 heavy (non-hydrogen) atoms. The number of rotatable bonds is 36. The Bertz CT molecular complexity index is 1070. The first kappa shape index (κ1) is 58.8. The maximum absolute atomic E-state index is 11.9. The van der Waals surface area contributed by atoms with Crippen molar-refractivity contribution >= 4 is 69.8 Å². The van der Waals surface area contributed by atoms with Crippen LogP contribution in [0.15, 0.2) is 24.3 Å². The van der Waals surface area contributed by atoms with Gasteiger partial charge in [0.05, 0.1) is 20.2 Å². The number of unbranched alkanes of at least 4 members (excludes halogenated alkanes) is 24. The van der Waals surface area contributed by atoms with Crippen LogP contribution >= 0.6 is 0 Å². The monoisotopic (exact) mass is 844 g/mol. The van der Waals surface area contributed by atoms with Gasteiger partial charge in [-0.25, -0.2) is 16.8 Å². The molecule has 0 aliphatic rings. The Labute approximate surface area is 369 Å². The number of amides is 2. The summed E-state index contributed by atoms with van der Waals surface area (Å²) >= 11 is 0. The molecular formula is C42H80CaN2O8S2. The first-order valence-corrected chi connectivity index (χ1v) is 24.6. The van der Waals surface area contributed by atoms with Gasteiger partial charge < -0.3 is 18.9 Å². The van der Waals surface area contributed by atoms with E-state index < -0.39 is 20.2 Å². The largest absolute Gasteiger partial charge is 2.00 e. The summed E-state index contributed by atoms with van der Waals surface area (Å²) in [6.45, 7) is 5.44. The van der Waals surface area contributed by atoms with Crippen LogP contribution in [0, 0.1) is 0 Å². The molecule has 0 spiro atoms. The third kappa shape index (κ3) is 49.6. The predicted octanol–water partition coefficient (Wildman–Crippen LogP) is 9.67. The van der Waals surface area contributed by atoms with E-state index in [1.54, 1.807) is 36.0 Å². The van der Waals surface area contributed by atoms with Crippen molar-refractivity contribution < 1.29 is 35.5 Å². The fourth-order valence-electron chi connectivity index (χ4n) is 5.95. The Kier molecular flexibility index (Phi) is 44.5. The number of allylic oxidation sites excluding steroid dienone is 2. The molecule has 0 radical (unpaired) electrons. The number of carbonyl (C=O) groups is 2. The normalized spacial score (nSPS) is 11.7. The van der Waals surface area contributed by atoms with Crippen molar-refractivity contribution in [3.8, 4) is 0 Å². The van der Waals surface area contributed by atoms with Gasteiger partial charge in [0.1, 0.15) is 0 Å². The Morgan fingerprint density at radius 3 is 0.945 bits per heavy atom. The van der Waals surface area contributed by atoms with Crippen molar-refractivity contribution in [3.05, 3.63) is 24.3 Å². The van der Waals surface area contributed by atoms with Gasteiger partial charge in [-0.2, -0.15) is 0 Å². The van der Waals surface area contributed by atoms with Gasteiger partial charge in [-0.05, 0) is 63.5 Å². The fourth-order valence-corrected chi connectivity index (χ4v) is 7.07. The summed E-state index contributed by atoms with van der Waals surface area (Å²) in [6, 6.07) is 0. The second-order valence-corrected chi connectivity index (χ2v) is 18.0. The van der Waals surface area contributed by atoms with Gasteiger partial charge >= 0.3 is 37.7 Å². The third-order valence-corrected chi connectivity index (χ3v) is 11.1. The molecule has 0 aliphatic carbocycles. The average molecular weight is 845 g/mol. The number of nitrogens with zero attached hydrogens (tertiary/aromatic N) is 2. The topological polar surface area (TPSA) is 155 Å². The minimum atomic E-state index is -4.15. The number of hydrogen-bond donors (Lipinski definition) is 0. The zero-order chi connectivity index (χ0) is 40.8. The van der Waals surface area contributed by atoms with Crippen molar-refractivity contribution in [2.45, 2.75) is 194 Å². The van der Waals surface area contributed by atoms with Gasteiger partial charge in [0, 0.05) is 38.7 Å². The first-order valence-electron chi connectivity index (χ1n) is 21.4. The molecule has 10 nitrogen and oxygen atoms in total. The van der Waals surface area contributed by atoms with Gasteiger partial charge in [-0.1, -0.05) is 154 Å². The molecule has 13 heteroatoms. The van der Waals surface area contributed by atoms with E-state index in [9.17, 15) is 35.5 Å². The molecule has 320 valence electrons. The van der Waals surface area contributed by atoms with Crippen LogP contribution in [0.4, 0.5) is 0 Å². The second-order valence-electron chi connectivity index (χ2n) is 14.9. The standard InChI is InChI=1S/2C21H41NO4S.Ca/c2*1-3-4-5-6-7-8-9-10-11-12-13-14-15-18-21(23)22(2)19-16-17-20-27(24,25)26;/h2*15,18H,3-14,16-17,19-20H2,1-2H3,(H,24,25,26);/q;;+2/p-2/b2*18-15+;. The van der Waals surface area contributed by atoms with Crippen molar-refractivity contribution in [3.63, 3.8) is 0 Å². The molecule has 2 amide bonds. The van der Waals surface area contributed by atoms with E-state index in [0.29, 0.717) is 38.8 Å². The number of likely N-dealkylation sites (N-methyl/N-ethyl adjacent to an activating group) is 2. The molecule has 0 fully saturated rings. The number of hydrogen-bond acceptors (Lipinski definition) is 8. The third-order valence-electron chi connectivity index (χ3n) is 9.50. The molecule has 0 atom stereocenters. The van der Waals surface area contributed by atoms with Crippen LogP contribution in [-0.2, 0) is 29.8 Å². The first-order chi connectivity index (χ1) is 25.7. The summed E-state index contributed by atoms with van der Waals surface area (Å²) in [6.07, 6.45) is 39.5. The van der Waals surface area contributed by atoms with Crippen LogP contribution in [0.1, 0.15) is 194 Å². The zero-order valence-electron chi connectivity index (χ0n) is 35.6. The summed E-state index contributed by atoms with van der Waals surface area (Å²) in [7, 11) is -4.90. The summed E-state index contributed by atoms with van der Waals surface area (Å²) in [5.74, 6) is -0.848. The number of carbonyl (C=O) groups excluding carboxylic acids is 2. The zero-order valence-corrected chi connectivity index (χ0v) is 39.5. The SMILES string of the molecule is CCCCCCCCCCCCC/C=C/C(=O)N(C)CCCCS(=O)(=O)[O-].CCCCCCCCCCCCC/C=C/C(=O)N(C)CCCCS(=O)(=O)[O-].[Ca+2]. The van der Waals surface area contributed by atoms with Crippen molar-refractivity contribution in [2.75, 3.05) is 38.7 Å². The van der Waals surface area contributed by atoms with E-state index in [4.69, 9.17) is 0 Å². The quantitative estimate of drug-likeness (QED) is 0.0261. The van der Waals surface area contributed by atoms with Gasteiger partial charge in [0.25, 0.3) is 0 Å². The molecule has 0 saturated carbocycles. The molecule has 0 saturated heterocycles. The van der Waals surface area contributed by atoms with Crippen molar-refractivity contribution in [2.24, 2.45) is 0 Å². The summed E-state index contributed by atoms with van der Waals surface area (Å²) in [5.41, 5.74) is 0. The minimum Gasteiger partial charge on any atom is -0.748 e. The predicted molar refractivity (Wildman–Crippen MR) is 229 cm³/mol. The van der Waals surface area contributed by atoms with Crippen LogP contribution < -0.4 is 0 Å². The van der Waals surface area contributed by atoms with Gasteiger partial charge in [-0.15, -0.1) is 0 Å². The van der Waals surface area contributed by atoms with Gasteiger partial charge in [-0.3, -0.25) is 9.59 Å². The van der Waals surface area contributed by atoms with E-state index in [-0.39, 0.29) is 61.1 Å². The molecule has 0 unspecified atom stereocenters. The van der Waals surface area contributed by atoms with Crippen LogP contribution in [0.2, 0.25) is 0 Å². The Morgan fingerprint density at radius 2 is 0.691 bits per heavy atom. The van der Waals surface area contributed by atoms with Crippen LogP contribution in [0.25, 0.3) is 0 Å². The molecular weight excluding hydrogens is 765 g/mol. The van der Waals surface area contributed by atoms with Crippen LogP contribution in [0.5, 0.6) is 0 Å². The maximum atomic E-state index is 11.9. The molecule has 0 heterocycles. The maximum Gasteiger partial charge on any atom is 2.00 e. The fraction of sp³-hybridized carbons (Fsp3) is 0.857. The second kappa shape index (κ2) is 41.7. The van der Waals surface area contributed by atoms with E-state index in [2.05, 4.69) is 13.8 Å². The summed E-state index contributed by atoms with van der Waals surface area (Å²) in [5, 5.41) is 0. The molecule has 0 aliphatic heterocycles. The Hall–Kier alpha value is -0.500. The molecule has 0 N–H and O–H groups in total. The van der Waals surface area contributed by atoms with Gasteiger partial charge in [0.15, 0.2) is 0 Å². The molecule has 0 rings (SSSR count). The summed E-state index contributed by atoms with van der Waals surface area (Å²) in [4.78, 5) is 26.9. The Balaban J connectivity index is -0.000000966. The summed E-state index contributed by atoms with van der Waals surface area (Å²) < 4.78 is 63.1. The van der Waals surface area contributed by atoms with Crippen LogP contribution in [-0.4, -0.2) is 124 Å². The average Bonchev–Trinajstić information content (AvgIpc) is 3.11. The van der Waals surface area contributed by atoms with E-state index in [0.717, 1.165) is 25.7 Å². The smallest absolute Gasteiger partial charge is 0.748 e. The molecule has 0 bridgehead atoms.